The third-order valence-electron chi connectivity index (χ3n) is 2.52. The molecule has 0 spiro atoms. The quantitative estimate of drug-likeness (QED) is 0.608. The fraction of sp³-hybridized carbons (Fsp3) is 0.214. The highest BCUT2D eigenvalue weighted by atomic mass is 79.9. The number of aldehydes is 1. The predicted octanol–water partition coefficient (Wildman–Crippen LogP) is 4.63. The van der Waals surface area contributed by atoms with Gasteiger partial charge in [0, 0.05) is 4.47 Å². The zero-order valence-corrected chi connectivity index (χ0v) is 13.2. The van der Waals surface area contributed by atoms with Crippen LogP contribution in [0.2, 0.25) is 19.6 Å². The highest BCUT2D eigenvalue weighted by Gasteiger charge is 2.19. The van der Waals surface area contributed by atoms with E-state index in [0.29, 0.717) is 11.3 Å². The molecule has 0 fully saturated rings. The number of carbonyl (C=O) groups excluding carboxylic acids is 1. The first-order valence-corrected chi connectivity index (χ1v) is 9.97. The minimum absolute atomic E-state index is 0.635. The Morgan fingerprint density at radius 3 is 2.44 bits per heavy atom. The second-order valence-corrected chi connectivity index (χ2v) is 10.5. The molecule has 4 heteroatoms. The lowest BCUT2D eigenvalue weighted by Gasteiger charge is -2.21. The van der Waals surface area contributed by atoms with E-state index < -0.39 is 8.32 Å². The Balaban J connectivity index is 2.65. The van der Waals surface area contributed by atoms with Crippen molar-refractivity contribution in [2.45, 2.75) is 19.6 Å². The van der Waals surface area contributed by atoms with Crippen LogP contribution in [0, 0.1) is 0 Å². The zero-order valence-electron chi connectivity index (χ0n) is 10.7. The molecule has 0 saturated carbocycles. The molecule has 0 heterocycles. The van der Waals surface area contributed by atoms with E-state index in [9.17, 15) is 4.79 Å². The smallest absolute Gasteiger partial charge is 0.242 e. The van der Waals surface area contributed by atoms with Gasteiger partial charge in [0.15, 0.2) is 6.29 Å². The van der Waals surface area contributed by atoms with E-state index in [1.165, 1.54) is 0 Å². The van der Waals surface area contributed by atoms with Crippen molar-refractivity contribution in [3.05, 3.63) is 40.4 Å². The summed E-state index contributed by atoms with van der Waals surface area (Å²) in [5, 5.41) is 1.97. The molecule has 0 aliphatic heterocycles. The summed E-state index contributed by atoms with van der Waals surface area (Å²) in [6.45, 7) is 6.31. The van der Waals surface area contributed by atoms with Gasteiger partial charge in [-0.15, -0.1) is 0 Å². The minimum Gasteiger partial charge on any atom is -0.544 e. The molecule has 0 bridgehead atoms. The fourth-order valence-electron chi connectivity index (χ4n) is 1.84. The van der Waals surface area contributed by atoms with Crippen LogP contribution in [-0.4, -0.2) is 14.6 Å². The number of hydrogen-bond acceptors (Lipinski definition) is 2. The van der Waals surface area contributed by atoms with Gasteiger partial charge in [-0.3, -0.25) is 4.79 Å². The predicted molar refractivity (Wildman–Crippen MR) is 81.0 cm³/mol. The van der Waals surface area contributed by atoms with Crippen LogP contribution >= 0.6 is 15.9 Å². The van der Waals surface area contributed by atoms with Gasteiger partial charge in [0.2, 0.25) is 8.32 Å². The molecule has 0 saturated heterocycles. The molecule has 2 aromatic rings. The Kier molecular flexibility index (Phi) is 3.59. The van der Waals surface area contributed by atoms with Crippen LogP contribution in [0.3, 0.4) is 0 Å². The summed E-state index contributed by atoms with van der Waals surface area (Å²) in [5.41, 5.74) is 0.635. The van der Waals surface area contributed by atoms with Crippen LogP contribution < -0.4 is 4.43 Å². The molecule has 0 aromatic heterocycles. The van der Waals surface area contributed by atoms with Crippen LogP contribution in [0.5, 0.6) is 5.75 Å². The maximum Gasteiger partial charge on any atom is 0.242 e. The maximum atomic E-state index is 11.4. The number of rotatable bonds is 3. The standard InChI is InChI=1S/C14H15BrO2Si/c1-18(2,3)17-14-7-5-10-4-6-11(15)8-12(10)13(14)9-16/h4-9H,1-3H3. The van der Waals surface area contributed by atoms with Crippen molar-refractivity contribution in [3.63, 3.8) is 0 Å². The molecule has 0 aliphatic carbocycles. The molecule has 2 aromatic carbocycles. The normalized spacial score (nSPS) is 11.6. The number of carbonyl (C=O) groups is 1. The third kappa shape index (κ3) is 2.82. The second-order valence-electron chi connectivity index (χ2n) is 5.18. The lowest BCUT2D eigenvalue weighted by atomic mass is 10.0. The number of fused-ring (bicyclic) bond motifs is 1. The Morgan fingerprint density at radius 1 is 1.17 bits per heavy atom. The molecule has 0 aliphatic rings. The highest BCUT2D eigenvalue weighted by Crippen LogP contribution is 2.30. The molecule has 0 amide bonds. The van der Waals surface area contributed by atoms with Gasteiger partial charge in [0.05, 0.1) is 5.56 Å². The van der Waals surface area contributed by atoms with Crippen LogP contribution in [0.25, 0.3) is 10.8 Å². The molecule has 2 nitrogen and oxygen atoms in total. The van der Waals surface area contributed by atoms with Gasteiger partial charge in [0.1, 0.15) is 5.75 Å². The van der Waals surface area contributed by atoms with E-state index in [1.807, 2.05) is 30.3 Å². The highest BCUT2D eigenvalue weighted by molar-refractivity contribution is 9.10. The average molecular weight is 323 g/mol. The van der Waals surface area contributed by atoms with Gasteiger partial charge < -0.3 is 4.43 Å². The topological polar surface area (TPSA) is 26.3 Å². The number of hydrogen-bond donors (Lipinski definition) is 0. The Labute approximate surface area is 116 Å². The van der Waals surface area contributed by atoms with Gasteiger partial charge in [-0.2, -0.15) is 0 Å². The monoisotopic (exact) mass is 322 g/mol. The number of halogens is 1. The van der Waals surface area contributed by atoms with Crippen molar-refractivity contribution >= 4 is 41.3 Å². The van der Waals surface area contributed by atoms with Crippen molar-refractivity contribution in [1.82, 2.24) is 0 Å². The van der Waals surface area contributed by atoms with Crippen LogP contribution in [0.4, 0.5) is 0 Å². The largest absolute Gasteiger partial charge is 0.544 e. The fourth-order valence-corrected chi connectivity index (χ4v) is 3.03. The molecule has 0 radical (unpaired) electrons. The van der Waals surface area contributed by atoms with Crippen molar-refractivity contribution < 1.29 is 9.22 Å². The molecular weight excluding hydrogens is 308 g/mol. The first-order valence-electron chi connectivity index (χ1n) is 5.77. The van der Waals surface area contributed by atoms with Gasteiger partial charge in [-0.1, -0.05) is 28.1 Å². The van der Waals surface area contributed by atoms with Crippen LogP contribution in [0.1, 0.15) is 10.4 Å². The van der Waals surface area contributed by atoms with Crippen molar-refractivity contribution in [2.75, 3.05) is 0 Å². The first kappa shape index (κ1) is 13.3. The minimum atomic E-state index is -1.72. The molecule has 0 unspecified atom stereocenters. The molecule has 0 atom stereocenters. The summed E-state index contributed by atoms with van der Waals surface area (Å²) in [5.74, 6) is 0.690. The van der Waals surface area contributed by atoms with E-state index in [4.69, 9.17) is 4.43 Å². The van der Waals surface area contributed by atoms with Gasteiger partial charge in [-0.25, -0.2) is 0 Å². The van der Waals surface area contributed by atoms with E-state index in [0.717, 1.165) is 21.5 Å². The summed E-state index contributed by atoms with van der Waals surface area (Å²) in [7, 11) is -1.72. The van der Waals surface area contributed by atoms with Gasteiger partial charge in [0.25, 0.3) is 0 Å². The molecule has 0 N–H and O–H groups in total. The Morgan fingerprint density at radius 2 is 1.83 bits per heavy atom. The third-order valence-corrected chi connectivity index (χ3v) is 3.84. The molecule has 18 heavy (non-hydrogen) atoms. The van der Waals surface area contributed by atoms with Crippen molar-refractivity contribution in [1.29, 1.82) is 0 Å². The van der Waals surface area contributed by atoms with Gasteiger partial charge in [-0.05, 0) is 48.6 Å². The second kappa shape index (κ2) is 4.86. The van der Waals surface area contributed by atoms with Crippen molar-refractivity contribution in [2.24, 2.45) is 0 Å². The molecular formula is C14H15BrO2Si. The van der Waals surface area contributed by atoms with Crippen LogP contribution in [-0.2, 0) is 0 Å². The average Bonchev–Trinajstić information content (AvgIpc) is 2.26. The van der Waals surface area contributed by atoms with Crippen molar-refractivity contribution in [3.8, 4) is 5.75 Å². The van der Waals surface area contributed by atoms with E-state index >= 15 is 0 Å². The maximum absolute atomic E-state index is 11.4. The summed E-state index contributed by atoms with van der Waals surface area (Å²) >= 11 is 3.43. The Hall–Kier alpha value is -1.13. The number of benzene rings is 2. The van der Waals surface area contributed by atoms with Crippen LogP contribution in [0.15, 0.2) is 34.8 Å². The lowest BCUT2D eigenvalue weighted by Crippen LogP contribution is -2.29. The summed E-state index contributed by atoms with van der Waals surface area (Å²) in [4.78, 5) is 11.4. The Bertz CT molecular complexity index is 603. The summed E-state index contributed by atoms with van der Waals surface area (Å²) < 4.78 is 6.93. The van der Waals surface area contributed by atoms with Gasteiger partial charge >= 0.3 is 0 Å². The summed E-state index contributed by atoms with van der Waals surface area (Å²) in [6.07, 6.45) is 0.879. The first-order chi connectivity index (χ1) is 8.40. The molecule has 94 valence electrons. The lowest BCUT2D eigenvalue weighted by molar-refractivity contribution is 0.112. The molecule has 2 rings (SSSR count). The van der Waals surface area contributed by atoms with E-state index in [2.05, 4.69) is 35.6 Å². The zero-order chi connectivity index (χ0) is 13.3. The SMILES string of the molecule is C[Si](C)(C)Oc1ccc2ccc(Br)cc2c1C=O. The van der Waals surface area contributed by atoms with E-state index in [1.54, 1.807) is 0 Å². The van der Waals surface area contributed by atoms with E-state index in [-0.39, 0.29) is 0 Å². The summed E-state index contributed by atoms with van der Waals surface area (Å²) in [6, 6.07) is 9.79.